The summed E-state index contributed by atoms with van der Waals surface area (Å²) < 4.78 is 5.10. The maximum atomic E-state index is 11.7. The number of esters is 1. The highest BCUT2D eigenvalue weighted by Crippen LogP contribution is 2.32. The Balaban J connectivity index is 1.69. The number of carbonyl (C=O) groups is 1. The van der Waals surface area contributed by atoms with Crippen molar-refractivity contribution in [3.05, 3.63) is 16.1 Å². The van der Waals surface area contributed by atoms with E-state index in [1.165, 1.54) is 17.1 Å². The molecule has 2 atom stereocenters. The number of cyclic esters (lactones) is 1. The average Bonchev–Trinajstić information content (AvgIpc) is 3.07. The average molecular weight is 294 g/mol. The minimum Gasteiger partial charge on any atom is -0.464 e. The molecule has 0 radical (unpaired) electrons. The van der Waals surface area contributed by atoms with Gasteiger partial charge in [-0.05, 0) is 25.3 Å². The van der Waals surface area contributed by atoms with E-state index in [0.717, 1.165) is 25.9 Å². The van der Waals surface area contributed by atoms with Crippen LogP contribution in [0.15, 0.2) is 5.38 Å². The number of ether oxygens (including phenoxy) is 1. The lowest BCUT2D eigenvalue weighted by Gasteiger charge is -2.34. The maximum absolute atomic E-state index is 11.7. The van der Waals surface area contributed by atoms with Crippen LogP contribution in [0.3, 0.4) is 0 Å². The van der Waals surface area contributed by atoms with Crippen LogP contribution in [0.4, 0.5) is 0 Å². The molecule has 0 N–H and O–H groups in total. The van der Waals surface area contributed by atoms with Crippen LogP contribution in [0.2, 0.25) is 0 Å². The number of likely N-dealkylation sites (tertiary alicyclic amines) is 1. The van der Waals surface area contributed by atoms with Gasteiger partial charge in [0, 0.05) is 24.3 Å². The summed E-state index contributed by atoms with van der Waals surface area (Å²) in [5, 5.41) is 3.42. The smallest absolute Gasteiger partial charge is 0.323 e. The highest BCUT2D eigenvalue weighted by atomic mass is 32.1. The van der Waals surface area contributed by atoms with Crippen molar-refractivity contribution in [2.75, 3.05) is 19.7 Å². The van der Waals surface area contributed by atoms with Gasteiger partial charge in [-0.2, -0.15) is 0 Å². The molecule has 0 saturated carbocycles. The van der Waals surface area contributed by atoms with Crippen LogP contribution in [-0.4, -0.2) is 41.6 Å². The second kappa shape index (κ2) is 5.82. The van der Waals surface area contributed by atoms with E-state index in [1.54, 1.807) is 11.3 Å². The summed E-state index contributed by atoms with van der Waals surface area (Å²) in [6.07, 6.45) is 3.18. The number of hydrogen-bond donors (Lipinski definition) is 0. The van der Waals surface area contributed by atoms with E-state index in [-0.39, 0.29) is 12.0 Å². The number of carbonyl (C=O) groups excluding carboxylic acids is 1. The third-order valence-electron chi connectivity index (χ3n) is 4.28. The van der Waals surface area contributed by atoms with Gasteiger partial charge in [0.1, 0.15) is 6.04 Å². The molecular weight excluding hydrogens is 272 g/mol. The number of nitrogens with zero attached hydrogens (tertiary/aromatic N) is 2. The second-order valence-corrected chi connectivity index (χ2v) is 6.96. The van der Waals surface area contributed by atoms with Crippen molar-refractivity contribution in [3.63, 3.8) is 0 Å². The van der Waals surface area contributed by atoms with E-state index >= 15 is 0 Å². The summed E-state index contributed by atoms with van der Waals surface area (Å²) in [6.45, 7) is 6.91. The Morgan fingerprint density at radius 3 is 2.95 bits per heavy atom. The van der Waals surface area contributed by atoms with Gasteiger partial charge in [0.15, 0.2) is 0 Å². The summed E-state index contributed by atoms with van der Waals surface area (Å²) in [5.74, 6) is 0.937. The molecule has 0 aliphatic carbocycles. The fourth-order valence-electron chi connectivity index (χ4n) is 3.06. The third kappa shape index (κ3) is 2.74. The molecule has 2 aliphatic rings. The van der Waals surface area contributed by atoms with Crippen LogP contribution in [-0.2, 0) is 9.53 Å². The Kier molecular flexibility index (Phi) is 4.08. The fourth-order valence-corrected chi connectivity index (χ4v) is 4.17. The van der Waals surface area contributed by atoms with Gasteiger partial charge in [0.05, 0.1) is 17.3 Å². The molecule has 1 aromatic heterocycles. The van der Waals surface area contributed by atoms with Crippen LogP contribution in [0.25, 0.3) is 0 Å². The first-order chi connectivity index (χ1) is 9.65. The predicted octanol–water partition coefficient (Wildman–Crippen LogP) is 2.76. The highest BCUT2D eigenvalue weighted by molar-refractivity contribution is 7.09. The fraction of sp³-hybridized carbons (Fsp3) is 0.733. The van der Waals surface area contributed by atoms with Crippen LogP contribution in [0.5, 0.6) is 0 Å². The first-order valence-corrected chi connectivity index (χ1v) is 8.39. The van der Waals surface area contributed by atoms with E-state index in [4.69, 9.17) is 9.72 Å². The summed E-state index contributed by atoms with van der Waals surface area (Å²) in [7, 11) is 0. The zero-order valence-corrected chi connectivity index (χ0v) is 13.0. The summed E-state index contributed by atoms with van der Waals surface area (Å²) >= 11 is 1.78. The molecule has 0 amide bonds. The molecule has 1 aromatic rings. The lowest BCUT2D eigenvalue weighted by atomic mass is 9.97. The van der Waals surface area contributed by atoms with E-state index in [0.29, 0.717) is 18.4 Å². The molecule has 3 heterocycles. The van der Waals surface area contributed by atoms with Crippen molar-refractivity contribution in [1.29, 1.82) is 0 Å². The Labute approximate surface area is 124 Å². The van der Waals surface area contributed by atoms with Gasteiger partial charge >= 0.3 is 5.97 Å². The number of aromatic nitrogens is 1. The minimum absolute atomic E-state index is 0.0117. The van der Waals surface area contributed by atoms with Crippen LogP contribution in [0, 0.1) is 0 Å². The largest absolute Gasteiger partial charge is 0.464 e. The Bertz CT molecular complexity index is 486. The zero-order chi connectivity index (χ0) is 14.1. The molecule has 110 valence electrons. The van der Waals surface area contributed by atoms with Crippen molar-refractivity contribution in [3.8, 4) is 0 Å². The molecule has 2 saturated heterocycles. The van der Waals surface area contributed by atoms with E-state index < -0.39 is 0 Å². The van der Waals surface area contributed by atoms with Crippen molar-refractivity contribution in [1.82, 2.24) is 9.88 Å². The maximum Gasteiger partial charge on any atom is 0.323 e. The van der Waals surface area contributed by atoms with Gasteiger partial charge in [-0.1, -0.05) is 13.8 Å². The molecule has 0 unspecified atom stereocenters. The van der Waals surface area contributed by atoms with Crippen molar-refractivity contribution >= 4 is 17.3 Å². The van der Waals surface area contributed by atoms with Gasteiger partial charge in [-0.25, -0.2) is 4.98 Å². The van der Waals surface area contributed by atoms with Crippen LogP contribution >= 0.6 is 11.3 Å². The van der Waals surface area contributed by atoms with Crippen molar-refractivity contribution in [2.24, 2.45) is 0 Å². The highest BCUT2D eigenvalue weighted by Gasteiger charge is 2.35. The number of hydrogen-bond acceptors (Lipinski definition) is 5. The van der Waals surface area contributed by atoms with Crippen molar-refractivity contribution in [2.45, 2.75) is 51.0 Å². The second-order valence-electron chi connectivity index (χ2n) is 6.07. The van der Waals surface area contributed by atoms with Gasteiger partial charge < -0.3 is 4.74 Å². The lowest BCUT2D eigenvalue weighted by Crippen LogP contribution is -2.44. The van der Waals surface area contributed by atoms with Gasteiger partial charge in [-0.3, -0.25) is 9.69 Å². The van der Waals surface area contributed by atoms with E-state index in [9.17, 15) is 4.79 Å². The third-order valence-corrected chi connectivity index (χ3v) is 5.31. The minimum atomic E-state index is -0.0346. The number of thiazole rings is 1. The molecule has 0 aromatic carbocycles. The molecule has 3 rings (SSSR count). The first-order valence-electron chi connectivity index (χ1n) is 7.51. The molecule has 2 fully saturated rings. The summed E-state index contributed by atoms with van der Waals surface area (Å²) in [4.78, 5) is 18.8. The lowest BCUT2D eigenvalue weighted by molar-refractivity contribution is -0.142. The van der Waals surface area contributed by atoms with Gasteiger partial charge in [-0.15, -0.1) is 11.3 Å². The Hall–Kier alpha value is -0.940. The van der Waals surface area contributed by atoms with Crippen LogP contribution in [0.1, 0.15) is 55.6 Å². The predicted molar refractivity (Wildman–Crippen MR) is 79.1 cm³/mol. The SMILES string of the molecule is CC(C)c1csc([C@H]2CCCN([C@H]3CCOC3=O)C2)n1. The molecule has 5 heteroatoms. The molecule has 2 aliphatic heterocycles. The van der Waals surface area contributed by atoms with Gasteiger partial charge in [0.2, 0.25) is 0 Å². The topological polar surface area (TPSA) is 42.4 Å². The van der Waals surface area contributed by atoms with E-state index in [1.807, 2.05) is 0 Å². The zero-order valence-electron chi connectivity index (χ0n) is 12.2. The number of piperidine rings is 1. The first kappa shape index (κ1) is 14.0. The quantitative estimate of drug-likeness (QED) is 0.804. The molecule has 0 spiro atoms. The molecule has 0 bridgehead atoms. The number of rotatable bonds is 3. The molecule has 20 heavy (non-hydrogen) atoms. The van der Waals surface area contributed by atoms with Gasteiger partial charge in [0.25, 0.3) is 0 Å². The molecule has 4 nitrogen and oxygen atoms in total. The van der Waals surface area contributed by atoms with Crippen LogP contribution < -0.4 is 0 Å². The van der Waals surface area contributed by atoms with Crippen molar-refractivity contribution < 1.29 is 9.53 Å². The standard InChI is InChI=1S/C15H22N2O2S/c1-10(2)12-9-20-14(16-12)11-4-3-6-17(8-11)13-5-7-19-15(13)18/h9-11,13H,3-8H2,1-2H3/t11-,13-/m0/s1. The molecular formula is C15H22N2O2S. The van der Waals surface area contributed by atoms with E-state index in [2.05, 4.69) is 24.1 Å². The summed E-state index contributed by atoms with van der Waals surface area (Å²) in [5.41, 5.74) is 1.20. The Morgan fingerprint density at radius 2 is 2.30 bits per heavy atom. The monoisotopic (exact) mass is 294 g/mol. The normalized spacial score (nSPS) is 28.1. The Morgan fingerprint density at radius 1 is 1.45 bits per heavy atom. The summed E-state index contributed by atoms with van der Waals surface area (Å²) in [6, 6.07) is -0.0117.